The zero-order valence-electron chi connectivity index (χ0n) is 5.99. The fourth-order valence-electron chi connectivity index (χ4n) is 0.763. The lowest BCUT2D eigenvalue weighted by molar-refractivity contribution is 0.274. The lowest BCUT2D eigenvalue weighted by Gasteiger charge is -2.05. The number of aliphatic hydroxyl groups is 2. The van der Waals surface area contributed by atoms with Crippen LogP contribution in [0.1, 0.15) is 5.56 Å². The number of rotatable bonds is 2. The van der Waals surface area contributed by atoms with Crippen LogP contribution in [-0.4, -0.2) is 10.2 Å². The molecule has 0 bridgehead atoms. The lowest BCUT2D eigenvalue weighted by atomic mass is 10.1. The van der Waals surface area contributed by atoms with Gasteiger partial charge in [0.2, 0.25) is 0 Å². The average Bonchev–Trinajstić information content (AvgIpc) is 2.05. The zero-order chi connectivity index (χ0) is 8.27. The zero-order valence-corrected chi connectivity index (χ0v) is 5.99. The van der Waals surface area contributed by atoms with Crippen LogP contribution in [0, 0.1) is 6.10 Å². The van der Waals surface area contributed by atoms with Crippen LogP contribution in [0.5, 0.6) is 0 Å². The monoisotopic (exact) mass is 149 g/mol. The molecule has 11 heavy (non-hydrogen) atoms. The first kappa shape index (κ1) is 7.82. The first-order valence-corrected chi connectivity index (χ1v) is 3.21. The van der Waals surface area contributed by atoms with Crippen molar-refractivity contribution >= 4 is 0 Å². The summed E-state index contributed by atoms with van der Waals surface area (Å²) in [4.78, 5) is 0. The van der Waals surface area contributed by atoms with E-state index >= 15 is 0 Å². The Labute approximate surface area is 65.4 Å². The third kappa shape index (κ3) is 1.82. The van der Waals surface area contributed by atoms with Crippen LogP contribution in [0.3, 0.4) is 0 Å². The van der Waals surface area contributed by atoms with E-state index in [1.54, 1.807) is 24.3 Å². The molecular formula is C9H9O2. The molecule has 0 fully saturated rings. The van der Waals surface area contributed by atoms with E-state index in [0.717, 1.165) is 0 Å². The van der Waals surface area contributed by atoms with Crippen LogP contribution in [0.25, 0.3) is 0 Å². The molecule has 0 aliphatic rings. The van der Waals surface area contributed by atoms with E-state index in [9.17, 15) is 0 Å². The Bertz CT molecular complexity index is 241. The van der Waals surface area contributed by atoms with Crippen molar-refractivity contribution in [2.75, 3.05) is 0 Å². The number of aliphatic hydroxyl groups excluding tert-OH is 2. The fraction of sp³-hybridized carbons (Fsp3) is 0. The molecule has 2 N–H and O–H groups in total. The highest BCUT2D eigenvalue weighted by Crippen LogP contribution is 2.15. The molecule has 1 radical (unpaired) electrons. The van der Waals surface area contributed by atoms with Crippen molar-refractivity contribution in [1.29, 1.82) is 0 Å². The summed E-state index contributed by atoms with van der Waals surface area (Å²) in [6.07, 6.45) is -0.175. The Morgan fingerprint density at radius 1 is 1.09 bits per heavy atom. The Balaban J connectivity index is 2.85. The maximum atomic E-state index is 9.16. The summed E-state index contributed by atoms with van der Waals surface area (Å²) in [5.74, 6) is -0.309. The summed E-state index contributed by atoms with van der Waals surface area (Å²) in [5, 5.41) is 18.0. The molecule has 0 heterocycles. The number of hydrogen-bond donors (Lipinski definition) is 2. The Morgan fingerprint density at radius 3 is 2.09 bits per heavy atom. The average molecular weight is 149 g/mol. The van der Waals surface area contributed by atoms with Crippen molar-refractivity contribution in [3.8, 4) is 0 Å². The molecule has 2 nitrogen and oxygen atoms in total. The second-order valence-corrected chi connectivity index (χ2v) is 2.16. The summed E-state index contributed by atoms with van der Waals surface area (Å²) in [5.41, 5.74) is 0.569. The standard InChI is InChI=1S/C9H9O2/c1-7(10)9(11)8-5-3-2-4-6-8/h2-6,10-11H,1H2. The van der Waals surface area contributed by atoms with Gasteiger partial charge < -0.3 is 10.2 Å². The summed E-state index contributed by atoms with van der Waals surface area (Å²) < 4.78 is 0. The second kappa shape index (κ2) is 3.21. The van der Waals surface area contributed by atoms with E-state index in [2.05, 4.69) is 6.58 Å². The molecular weight excluding hydrogens is 140 g/mol. The van der Waals surface area contributed by atoms with Gasteiger partial charge in [0.05, 0.1) is 0 Å². The number of benzene rings is 1. The lowest BCUT2D eigenvalue weighted by Crippen LogP contribution is -1.99. The molecule has 1 aromatic carbocycles. The van der Waals surface area contributed by atoms with Crippen molar-refractivity contribution in [2.24, 2.45) is 0 Å². The third-order valence-electron chi connectivity index (χ3n) is 1.32. The van der Waals surface area contributed by atoms with E-state index in [-0.39, 0.29) is 11.9 Å². The summed E-state index contributed by atoms with van der Waals surface area (Å²) in [6.45, 7) is 3.20. The van der Waals surface area contributed by atoms with Gasteiger partial charge in [0.1, 0.15) is 5.76 Å². The quantitative estimate of drug-likeness (QED) is 0.631. The molecule has 0 amide bonds. The highest BCUT2D eigenvalue weighted by molar-refractivity contribution is 5.33. The Kier molecular flexibility index (Phi) is 2.28. The van der Waals surface area contributed by atoms with E-state index in [4.69, 9.17) is 10.2 Å². The molecule has 57 valence electrons. The van der Waals surface area contributed by atoms with Gasteiger partial charge in [-0.25, -0.2) is 0 Å². The third-order valence-corrected chi connectivity index (χ3v) is 1.32. The van der Waals surface area contributed by atoms with Crippen molar-refractivity contribution in [1.82, 2.24) is 0 Å². The minimum atomic E-state index is -0.309. The van der Waals surface area contributed by atoms with E-state index in [1.165, 1.54) is 0 Å². The predicted molar refractivity (Wildman–Crippen MR) is 42.5 cm³/mol. The largest absolute Gasteiger partial charge is 0.509 e. The van der Waals surface area contributed by atoms with Gasteiger partial charge in [0.25, 0.3) is 0 Å². The highest BCUT2D eigenvalue weighted by atomic mass is 16.3. The Morgan fingerprint density at radius 2 is 1.64 bits per heavy atom. The molecule has 0 atom stereocenters. The fourth-order valence-corrected chi connectivity index (χ4v) is 0.763. The van der Waals surface area contributed by atoms with Gasteiger partial charge in [0, 0.05) is 0 Å². The van der Waals surface area contributed by atoms with Gasteiger partial charge in [0.15, 0.2) is 6.10 Å². The molecule has 2 heteroatoms. The molecule has 1 aromatic rings. The maximum Gasteiger partial charge on any atom is 0.186 e. The molecule has 0 saturated heterocycles. The van der Waals surface area contributed by atoms with Crippen molar-refractivity contribution in [3.05, 3.63) is 54.3 Å². The van der Waals surface area contributed by atoms with Crippen molar-refractivity contribution in [3.63, 3.8) is 0 Å². The van der Waals surface area contributed by atoms with Crippen molar-refractivity contribution in [2.45, 2.75) is 0 Å². The first-order chi connectivity index (χ1) is 5.22. The van der Waals surface area contributed by atoms with Crippen molar-refractivity contribution < 1.29 is 10.2 Å². The van der Waals surface area contributed by atoms with Crippen LogP contribution < -0.4 is 0 Å². The number of hydrogen-bond acceptors (Lipinski definition) is 2. The summed E-state index contributed by atoms with van der Waals surface area (Å²) in [6, 6.07) is 8.76. The molecule has 0 saturated carbocycles. The van der Waals surface area contributed by atoms with E-state index < -0.39 is 0 Å². The van der Waals surface area contributed by atoms with Crippen LogP contribution in [-0.2, 0) is 0 Å². The van der Waals surface area contributed by atoms with Crippen LogP contribution in [0.2, 0.25) is 0 Å². The van der Waals surface area contributed by atoms with Crippen LogP contribution >= 0.6 is 0 Å². The molecule has 0 spiro atoms. The van der Waals surface area contributed by atoms with Gasteiger partial charge in [-0.15, -0.1) is 0 Å². The van der Waals surface area contributed by atoms with Gasteiger partial charge in [-0.05, 0) is 5.56 Å². The summed E-state index contributed by atoms with van der Waals surface area (Å²) in [7, 11) is 0. The van der Waals surface area contributed by atoms with E-state index in [1.807, 2.05) is 6.07 Å². The molecule has 0 aliphatic carbocycles. The van der Waals surface area contributed by atoms with Crippen LogP contribution in [0.15, 0.2) is 42.7 Å². The smallest absolute Gasteiger partial charge is 0.186 e. The first-order valence-electron chi connectivity index (χ1n) is 3.21. The molecule has 0 aliphatic heterocycles. The molecule has 0 aromatic heterocycles. The SMILES string of the molecule is C=C(O)[C](O)c1ccccc1. The predicted octanol–water partition coefficient (Wildman–Crippen LogP) is 2.01. The normalized spacial score (nSPS) is 10.0. The second-order valence-electron chi connectivity index (χ2n) is 2.16. The van der Waals surface area contributed by atoms with Gasteiger partial charge >= 0.3 is 0 Å². The highest BCUT2D eigenvalue weighted by Gasteiger charge is 2.10. The maximum absolute atomic E-state index is 9.16. The Hall–Kier alpha value is -1.28. The minimum absolute atomic E-state index is 0.175. The van der Waals surface area contributed by atoms with Gasteiger partial charge in [-0.2, -0.15) is 0 Å². The van der Waals surface area contributed by atoms with Gasteiger partial charge in [-0.3, -0.25) is 0 Å². The topological polar surface area (TPSA) is 40.5 Å². The van der Waals surface area contributed by atoms with Gasteiger partial charge in [-0.1, -0.05) is 36.9 Å². The molecule has 0 unspecified atom stereocenters. The molecule has 1 rings (SSSR count). The van der Waals surface area contributed by atoms with Crippen LogP contribution in [0.4, 0.5) is 0 Å². The minimum Gasteiger partial charge on any atom is -0.509 e. The summed E-state index contributed by atoms with van der Waals surface area (Å²) >= 11 is 0. The van der Waals surface area contributed by atoms with E-state index in [0.29, 0.717) is 5.56 Å².